The number of hydrogen-bond donors (Lipinski definition) is 1. The fraction of sp³-hybridized carbons (Fsp3) is 0.522. The average molecular weight is 413 g/mol. The molecule has 0 spiro atoms. The molecule has 7 heteroatoms. The molecule has 1 N–H and O–H groups in total. The quantitative estimate of drug-likeness (QED) is 0.646. The lowest BCUT2D eigenvalue weighted by atomic mass is 10.1. The fourth-order valence-corrected chi connectivity index (χ4v) is 3.68. The predicted molar refractivity (Wildman–Crippen MR) is 117 cm³/mol. The number of unbranched alkanes of at least 4 members (excludes halogenated alkanes) is 1. The van der Waals surface area contributed by atoms with Crippen molar-refractivity contribution in [2.45, 2.75) is 46.0 Å². The van der Waals surface area contributed by atoms with Gasteiger partial charge in [0, 0.05) is 24.7 Å². The Morgan fingerprint density at radius 2 is 1.93 bits per heavy atom. The molecule has 1 fully saturated rings. The summed E-state index contributed by atoms with van der Waals surface area (Å²) in [5.41, 5.74) is 1.85. The molecule has 2 aromatic rings. The van der Waals surface area contributed by atoms with Crippen molar-refractivity contribution in [3.05, 3.63) is 47.2 Å². The van der Waals surface area contributed by atoms with E-state index in [9.17, 15) is 9.59 Å². The number of aryl methyl sites for hydroxylation is 2. The van der Waals surface area contributed by atoms with Crippen LogP contribution in [-0.2, 0) is 11.2 Å². The van der Waals surface area contributed by atoms with Crippen LogP contribution >= 0.6 is 0 Å². The minimum absolute atomic E-state index is 0.0177. The van der Waals surface area contributed by atoms with Gasteiger partial charge in [0.15, 0.2) is 5.82 Å². The molecule has 1 aromatic carbocycles. The van der Waals surface area contributed by atoms with Crippen LogP contribution in [0.5, 0.6) is 0 Å². The molecule has 0 radical (unpaired) electrons. The number of carbonyl (C=O) groups is 2. The first kappa shape index (κ1) is 22.0. The third-order valence-corrected chi connectivity index (χ3v) is 5.42. The van der Waals surface area contributed by atoms with Gasteiger partial charge in [-0.1, -0.05) is 30.6 Å². The molecule has 0 unspecified atom stereocenters. The lowest BCUT2D eigenvalue weighted by Gasteiger charge is -2.25. The van der Waals surface area contributed by atoms with E-state index in [1.165, 1.54) is 18.4 Å². The molecule has 2 heterocycles. The Kier molecular flexibility index (Phi) is 8.02. The third-order valence-electron chi connectivity index (χ3n) is 5.42. The van der Waals surface area contributed by atoms with Gasteiger partial charge in [-0.25, -0.2) is 0 Å². The smallest absolute Gasteiger partial charge is 0.254 e. The van der Waals surface area contributed by atoms with E-state index >= 15 is 0 Å². The van der Waals surface area contributed by atoms with Crippen LogP contribution in [0, 0.1) is 6.92 Å². The maximum atomic E-state index is 13.2. The summed E-state index contributed by atoms with van der Waals surface area (Å²) < 4.78 is 4.99. The molecule has 2 amide bonds. The van der Waals surface area contributed by atoms with Crippen LogP contribution in [0.4, 0.5) is 5.82 Å². The summed E-state index contributed by atoms with van der Waals surface area (Å²) in [5, 5.41) is 6.50. The van der Waals surface area contributed by atoms with Crippen LogP contribution in [0.3, 0.4) is 0 Å². The monoisotopic (exact) mass is 412 g/mol. The largest absolute Gasteiger partial charge is 0.360 e. The minimum atomic E-state index is -0.280. The molecule has 1 aliphatic rings. The topological polar surface area (TPSA) is 78.7 Å². The van der Waals surface area contributed by atoms with Gasteiger partial charge in [0.1, 0.15) is 12.3 Å². The minimum Gasteiger partial charge on any atom is -0.360 e. The van der Waals surface area contributed by atoms with E-state index in [0.29, 0.717) is 23.7 Å². The van der Waals surface area contributed by atoms with Crippen molar-refractivity contribution in [3.63, 3.8) is 0 Å². The van der Waals surface area contributed by atoms with E-state index in [-0.39, 0.29) is 18.4 Å². The number of amides is 2. The number of benzene rings is 1. The van der Waals surface area contributed by atoms with Gasteiger partial charge in [-0.2, -0.15) is 0 Å². The molecule has 0 saturated carbocycles. The fourth-order valence-electron chi connectivity index (χ4n) is 3.68. The van der Waals surface area contributed by atoms with Crippen LogP contribution in [-0.4, -0.2) is 59.5 Å². The summed E-state index contributed by atoms with van der Waals surface area (Å²) in [7, 11) is 0. The van der Waals surface area contributed by atoms with E-state index in [2.05, 4.69) is 22.3 Å². The highest BCUT2D eigenvalue weighted by Gasteiger charge is 2.21. The molecule has 0 aliphatic carbocycles. The van der Waals surface area contributed by atoms with Gasteiger partial charge in [-0.05, 0) is 63.4 Å². The average Bonchev–Trinajstić information content (AvgIpc) is 3.41. The lowest BCUT2D eigenvalue weighted by molar-refractivity contribution is -0.117. The van der Waals surface area contributed by atoms with E-state index in [1.807, 2.05) is 24.3 Å². The number of hydrogen-bond acceptors (Lipinski definition) is 5. The Bertz CT molecular complexity index is 825. The van der Waals surface area contributed by atoms with Crippen molar-refractivity contribution in [1.82, 2.24) is 15.0 Å². The van der Waals surface area contributed by atoms with E-state index in [0.717, 1.165) is 38.9 Å². The highest BCUT2D eigenvalue weighted by molar-refractivity contribution is 5.99. The Morgan fingerprint density at radius 1 is 1.20 bits per heavy atom. The van der Waals surface area contributed by atoms with Crippen LogP contribution < -0.4 is 5.32 Å². The van der Waals surface area contributed by atoms with E-state index < -0.39 is 0 Å². The van der Waals surface area contributed by atoms with Gasteiger partial charge >= 0.3 is 0 Å². The number of nitrogens with one attached hydrogen (secondary N) is 1. The standard InChI is InChI=1S/C23H32N4O3/c1-3-4-7-19-8-10-20(11-9-19)23(29)27(15-14-26-12-5-6-13-26)17-22(28)24-21-16-18(2)30-25-21/h8-11,16H,3-7,12-15,17H2,1-2H3,(H,24,25,28). The second kappa shape index (κ2) is 10.9. The summed E-state index contributed by atoms with van der Waals surface area (Å²) in [6.07, 6.45) is 5.68. The number of anilines is 1. The maximum Gasteiger partial charge on any atom is 0.254 e. The first-order valence-electron chi connectivity index (χ1n) is 10.9. The molecule has 1 aliphatic heterocycles. The van der Waals surface area contributed by atoms with Crippen LogP contribution in [0.25, 0.3) is 0 Å². The summed E-state index contributed by atoms with van der Waals surface area (Å²) in [4.78, 5) is 29.7. The predicted octanol–water partition coefficient (Wildman–Crippen LogP) is 3.50. The number of rotatable bonds is 10. The van der Waals surface area contributed by atoms with Crippen LogP contribution in [0.15, 0.2) is 34.9 Å². The maximum absolute atomic E-state index is 13.2. The van der Waals surface area contributed by atoms with Crippen LogP contribution in [0.2, 0.25) is 0 Å². The van der Waals surface area contributed by atoms with Gasteiger partial charge in [-0.15, -0.1) is 0 Å². The van der Waals surface area contributed by atoms with Crippen molar-refractivity contribution in [2.75, 3.05) is 38.0 Å². The zero-order valence-electron chi connectivity index (χ0n) is 18.0. The van der Waals surface area contributed by atoms with Crippen molar-refractivity contribution in [3.8, 4) is 0 Å². The Labute approximate surface area is 178 Å². The Morgan fingerprint density at radius 3 is 2.57 bits per heavy atom. The third kappa shape index (κ3) is 6.42. The van der Waals surface area contributed by atoms with Crippen molar-refractivity contribution in [1.29, 1.82) is 0 Å². The Balaban J connectivity index is 1.65. The Hall–Kier alpha value is -2.67. The van der Waals surface area contributed by atoms with E-state index in [4.69, 9.17) is 4.52 Å². The second-order valence-electron chi connectivity index (χ2n) is 7.95. The van der Waals surface area contributed by atoms with Crippen LogP contribution in [0.1, 0.15) is 54.3 Å². The van der Waals surface area contributed by atoms with Crippen molar-refractivity contribution < 1.29 is 14.1 Å². The van der Waals surface area contributed by atoms with Crippen molar-refractivity contribution >= 4 is 17.6 Å². The molecule has 3 rings (SSSR count). The SMILES string of the molecule is CCCCc1ccc(C(=O)N(CCN2CCCC2)CC(=O)Nc2cc(C)on2)cc1. The second-order valence-corrected chi connectivity index (χ2v) is 7.95. The zero-order chi connectivity index (χ0) is 21.3. The molecule has 0 atom stereocenters. The lowest BCUT2D eigenvalue weighted by Crippen LogP contribution is -2.42. The molecule has 7 nitrogen and oxygen atoms in total. The first-order chi connectivity index (χ1) is 14.5. The highest BCUT2D eigenvalue weighted by Crippen LogP contribution is 2.13. The summed E-state index contributed by atoms with van der Waals surface area (Å²) in [6, 6.07) is 9.42. The van der Waals surface area contributed by atoms with Gasteiger partial charge in [0.25, 0.3) is 5.91 Å². The number of aromatic nitrogens is 1. The van der Waals surface area contributed by atoms with Crippen molar-refractivity contribution in [2.24, 2.45) is 0 Å². The molecular formula is C23H32N4O3. The number of likely N-dealkylation sites (tertiary alicyclic amines) is 1. The molecular weight excluding hydrogens is 380 g/mol. The molecule has 30 heavy (non-hydrogen) atoms. The highest BCUT2D eigenvalue weighted by atomic mass is 16.5. The van der Waals surface area contributed by atoms with Gasteiger partial charge in [0.05, 0.1) is 0 Å². The summed E-state index contributed by atoms with van der Waals surface area (Å²) >= 11 is 0. The molecule has 162 valence electrons. The number of carbonyl (C=O) groups excluding carboxylic acids is 2. The summed E-state index contributed by atoms with van der Waals surface area (Å²) in [6.45, 7) is 7.31. The van der Waals surface area contributed by atoms with Gasteiger partial charge in [-0.3, -0.25) is 9.59 Å². The molecule has 1 aromatic heterocycles. The van der Waals surface area contributed by atoms with Gasteiger partial charge < -0.3 is 19.6 Å². The first-order valence-corrected chi connectivity index (χ1v) is 10.9. The summed E-state index contributed by atoms with van der Waals surface area (Å²) in [5.74, 6) is 0.584. The number of nitrogens with zero attached hydrogens (tertiary/aromatic N) is 3. The molecule has 0 bridgehead atoms. The normalized spacial score (nSPS) is 14.1. The molecule has 1 saturated heterocycles. The van der Waals surface area contributed by atoms with E-state index in [1.54, 1.807) is 17.9 Å². The zero-order valence-corrected chi connectivity index (χ0v) is 18.0. The van der Waals surface area contributed by atoms with Gasteiger partial charge in [0.2, 0.25) is 5.91 Å².